The number of benzene rings is 3. The molecule has 7 rings (SSSR count). The molecule has 0 saturated carbocycles. The summed E-state index contributed by atoms with van der Waals surface area (Å²) in [5.41, 5.74) is 8.49. The standard InChI is InChI=1S/C52H67BF2N2O8/c1-4-5-6-7-8-9-10-21-65-46-34-40(2)51(41(3)35-46)52-49-19-17-47-44-15-11-13-42(36-44)38-63-32-30-61-28-26-59-24-22-58-23-25-60-27-29-62-31-33-64-39-43-14-12-16-45(37-43)48-18-20-50(52)57(48)53(54,55)56(47)49/h11-20,34-37H,4-10,21-33,38-39H2,1-3H3. The summed E-state index contributed by atoms with van der Waals surface area (Å²) in [5, 5.41) is 0. The zero-order valence-electron chi connectivity index (χ0n) is 38.6. The lowest BCUT2D eigenvalue weighted by molar-refractivity contribution is -0.360. The van der Waals surface area contributed by atoms with E-state index in [1.54, 1.807) is 0 Å². The van der Waals surface area contributed by atoms with Crippen LogP contribution in [-0.4, -0.2) is 108 Å². The Morgan fingerprint density at radius 2 is 1.06 bits per heavy atom. The average molecular weight is 897 g/mol. The maximum atomic E-state index is 17.9. The second kappa shape index (κ2) is 24.9. The minimum absolute atomic E-state index is 0.311. The van der Waals surface area contributed by atoms with Crippen LogP contribution in [0.4, 0.5) is 8.63 Å². The lowest BCUT2D eigenvalue weighted by atomic mass is 9.83. The van der Waals surface area contributed by atoms with Crippen LogP contribution in [0.2, 0.25) is 0 Å². The van der Waals surface area contributed by atoms with Gasteiger partial charge in [0.25, 0.3) is 0 Å². The highest BCUT2D eigenvalue weighted by Crippen LogP contribution is 2.45. The molecule has 0 atom stereocenters. The maximum Gasteiger partial charge on any atom is 0.737 e. The monoisotopic (exact) mass is 896 g/mol. The highest BCUT2D eigenvalue weighted by Gasteiger charge is 2.55. The first-order chi connectivity index (χ1) is 31.9. The second-order valence-electron chi connectivity index (χ2n) is 16.9. The number of hydrogen-bond donors (Lipinski definition) is 0. The molecule has 0 unspecified atom stereocenters. The van der Waals surface area contributed by atoms with E-state index in [2.05, 4.69) is 32.9 Å². The van der Waals surface area contributed by atoms with Gasteiger partial charge >= 0.3 is 6.97 Å². The summed E-state index contributed by atoms with van der Waals surface area (Å²) in [4.78, 5) is 0. The molecule has 0 saturated heterocycles. The van der Waals surface area contributed by atoms with Gasteiger partial charge in [0.1, 0.15) is 5.75 Å². The number of halogens is 2. The maximum absolute atomic E-state index is 17.9. The Hall–Kier alpha value is -4.47. The van der Waals surface area contributed by atoms with Crippen molar-refractivity contribution in [3.63, 3.8) is 0 Å². The van der Waals surface area contributed by atoms with Gasteiger partial charge < -0.3 is 55.5 Å². The van der Waals surface area contributed by atoms with Crippen molar-refractivity contribution in [2.75, 3.05) is 85.9 Å². The van der Waals surface area contributed by atoms with Gasteiger partial charge in [-0.3, -0.25) is 0 Å². The van der Waals surface area contributed by atoms with Crippen molar-refractivity contribution in [1.82, 2.24) is 4.48 Å². The highest BCUT2D eigenvalue weighted by atomic mass is 19.2. The fourth-order valence-corrected chi connectivity index (χ4v) is 8.84. The van der Waals surface area contributed by atoms with E-state index in [9.17, 15) is 0 Å². The van der Waals surface area contributed by atoms with Crippen molar-refractivity contribution >= 4 is 18.3 Å². The summed E-state index contributed by atoms with van der Waals surface area (Å²) in [6, 6.07) is 23.1. The molecule has 3 aliphatic rings. The molecule has 3 aromatic carbocycles. The van der Waals surface area contributed by atoms with Crippen molar-refractivity contribution in [1.29, 1.82) is 0 Å². The Bertz CT molecular complexity index is 2230. The predicted octanol–water partition coefficient (Wildman–Crippen LogP) is 10.1. The lowest BCUT2D eigenvalue weighted by Gasteiger charge is -2.34. The lowest BCUT2D eigenvalue weighted by Crippen LogP contribution is -2.51. The van der Waals surface area contributed by atoms with Crippen LogP contribution in [0.3, 0.4) is 0 Å². The number of hydrogen-bond acceptors (Lipinski definition) is 8. The molecule has 65 heavy (non-hydrogen) atoms. The Morgan fingerprint density at radius 1 is 0.569 bits per heavy atom. The van der Waals surface area contributed by atoms with Crippen LogP contribution in [0.5, 0.6) is 5.75 Å². The smallest absolute Gasteiger partial charge is 0.494 e. The van der Waals surface area contributed by atoms with Gasteiger partial charge in [0.05, 0.1) is 105 Å². The predicted molar refractivity (Wildman–Crippen MR) is 252 cm³/mol. The molecular formula is C52H67BF2N2O8. The van der Waals surface area contributed by atoms with Gasteiger partial charge in [-0.15, -0.1) is 0 Å². The molecular weight excluding hydrogens is 829 g/mol. The van der Waals surface area contributed by atoms with E-state index in [0.29, 0.717) is 133 Å². The summed E-state index contributed by atoms with van der Waals surface area (Å²) in [6.45, 7) is 8.45. The molecule has 0 fully saturated rings. The molecule has 0 radical (unpaired) electrons. The summed E-state index contributed by atoms with van der Waals surface area (Å²) in [6.07, 6.45) is 12.1. The number of unbranched alkanes of at least 4 members (excludes halogenated alkanes) is 6. The Labute approximate surface area is 384 Å². The summed E-state index contributed by atoms with van der Waals surface area (Å²) in [5.74, 6) is 0.799. The second-order valence-corrected chi connectivity index (χ2v) is 16.9. The van der Waals surface area contributed by atoms with Gasteiger partial charge in [-0.2, -0.15) is 0 Å². The number of aromatic nitrogens is 1. The third-order valence-corrected chi connectivity index (χ3v) is 12.0. The van der Waals surface area contributed by atoms with Gasteiger partial charge in [-0.05, 0) is 96.1 Å². The van der Waals surface area contributed by atoms with E-state index >= 15 is 8.63 Å². The molecule has 4 aromatic rings. The van der Waals surface area contributed by atoms with Crippen LogP contribution >= 0.6 is 0 Å². The molecule has 1 aromatic heterocycles. The summed E-state index contributed by atoms with van der Waals surface area (Å²) in [7, 11) is 0. The van der Waals surface area contributed by atoms with Crippen molar-refractivity contribution < 1.29 is 51.0 Å². The van der Waals surface area contributed by atoms with Gasteiger partial charge in [0, 0.05) is 29.1 Å². The van der Waals surface area contributed by atoms with E-state index in [0.717, 1.165) is 52.0 Å². The first-order valence-electron chi connectivity index (χ1n) is 23.7. The largest absolute Gasteiger partial charge is 0.737 e. The first kappa shape index (κ1) is 48.5. The van der Waals surface area contributed by atoms with Crippen molar-refractivity contribution in [3.8, 4) is 17.0 Å². The van der Waals surface area contributed by atoms with Crippen LogP contribution in [0.1, 0.15) is 90.9 Å². The third kappa shape index (κ3) is 12.9. The van der Waals surface area contributed by atoms with Gasteiger partial charge in [-0.1, -0.05) is 75.8 Å². The molecule has 350 valence electrons. The Kier molecular flexibility index (Phi) is 18.6. The van der Waals surface area contributed by atoms with Crippen molar-refractivity contribution in [3.05, 3.63) is 130 Å². The summed E-state index contributed by atoms with van der Waals surface area (Å²) >= 11 is 0. The summed E-state index contributed by atoms with van der Waals surface area (Å²) < 4.78 is 84.7. The number of allylic oxidation sites excluding steroid dienone is 2. The van der Waals surface area contributed by atoms with Gasteiger partial charge in [-0.25, -0.2) is 0 Å². The molecule has 6 bridgehead atoms. The molecule has 10 nitrogen and oxygen atoms in total. The molecule has 0 amide bonds. The normalized spacial score (nSPS) is 18.3. The zero-order chi connectivity index (χ0) is 45.3. The number of aryl methyl sites for hydroxylation is 2. The van der Waals surface area contributed by atoms with E-state index in [4.69, 9.17) is 37.9 Å². The van der Waals surface area contributed by atoms with Crippen LogP contribution in [0.25, 0.3) is 16.8 Å². The fourth-order valence-electron chi connectivity index (χ4n) is 8.84. The molecule has 0 aliphatic carbocycles. The van der Waals surface area contributed by atoms with E-state index in [1.165, 1.54) is 41.1 Å². The Morgan fingerprint density at radius 3 is 1.63 bits per heavy atom. The van der Waals surface area contributed by atoms with Crippen LogP contribution < -0.4 is 4.74 Å². The minimum Gasteiger partial charge on any atom is -0.494 e. The zero-order valence-corrected chi connectivity index (χ0v) is 38.6. The Balaban J connectivity index is 1.20. The van der Waals surface area contributed by atoms with Crippen LogP contribution in [0.15, 0.2) is 90.6 Å². The average Bonchev–Trinajstić information content (AvgIpc) is 3.96. The quantitative estimate of drug-likeness (QED) is 0.115. The topological polar surface area (TPSA) is 81.8 Å². The number of rotatable bonds is 10. The molecule has 13 heteroatoms. The van der Waals surface area contributed by atoms with Crippen LogP contribution in [0, 0.1) is 13.8 Å². The van der Waals surface area contributed by atoms with Gasteiger partial charge in [0.2, 0.25) is 0 Å². The minimum atomic E-state index is -4.40. The first-order valence-corrected chi connectivity index (χ1v) is 23.7. The fraction of sp³-hybridized carbons (Fsp3) is 0.481. The SMILES string of the molecule is CCCCCCCCCOc1cc(C)c(C2=C3C=CC4=[N+]3[B-](F)(F)n3c2ccc3-c2cccc(c2)COCCOCCOCCOCCOCCOCCOCc2cccc4c2)c(C)c1. The van der Waals surface area contributed by atoms with E-state index < -0.39 is 6.97 Å². The highest BCUT2D eigenvalue weighted by molar-refractivity contribution is 6.59. The van der Waals surface area contributed by atoms with Crippen molar-refractivity contribution in [2.24, 2.45) is 0 Å². The van der Waals surface area contributed by atoms with Crippen LogP contribution in [-0.2, 0) is 46.4 Å². The van der Waals surface area contributed by atoms with Gasteiger partial charge in [0.15, 0.2) is 11.4 Å². The van der Waals surface area contributed by atoms with E-state index in [1.807, 2.05) is 72.8 Å². The molecule has 3 aliphatic heterocycles. The molecule has 4 heterocycles. The third-order valence-electron chi connectivity index (χ3n) is 12.0. The van der Waals surface area contributed by atoms with Crippen molar-refractivity contribution in [2.45, 2.75) is 78.9 Å². The number of nitrogens with zero attached hydrogens (tertiary/aromatic N) is 2. The molecule has 0 N–H and O–H groups in total. The number of ether oxygens (including phenoxy) is 8. The molecule has 0 spiro atoms. The van der Waals surface area contributed by atoms with E-state index in [-0.39, 0.29) is 0 Å². The number of fused-ring (bicyclic) bond motifs is 6.